The molecule has 0 aromatic heterocycles. The van der Waals surface area contributed by atoms with Gasteiger partial charge in [-0.1, -0.05) is 92.9 Å². The quantitative estimate of drug-likeness (QED) is 0.0402. The van der Waals surface area contributed by atoms with E-state index in [0.29, 0.717) is 0 Å². The number of hydrogen-bond acceptors (Lipinski definition) is 9. The Balaban J connectivity index is -0.000000270. The fourth-order valence-electron chi connectivity index (χ4n) is 4.01. The van der Waals surface area contributed by atoms with Gasteiger partial charge in [-0.25, -0.2) is 0 Å². The van der Waals surface area contributed by atoms with Crippen LogP contribution < -0.4 is 29.6 Å². The Bertz CT molecular complexity index is 807. The second kappa shape index (κ2) is 32.4. The minimum absolute atomic E-state index is 0. The van der Waals surface area contributed by atoms with Crippen molar-refractivity contribution in [1.82, 2.24) is 0 Å². The molecule has 13 heteroatoms. The molecule has 4 unspecified atom stereocenters. The van der Waals surface area contributed by atoms with Gasteiger partial charge in [0.2, 0.25) is 0 Å². The molecule has 0 aromatic rings. The van der Waals surface area contributed by atoms with Gasteiger partial charge in [-0.15, -0.1) is 0 Å². The summed E-state index contributed by atoms with van der Waals surface area (Å²) in [6.45, 7) is 12.6. The summed E-state index contributed by atoms with van der Waals surface area (Å²) in [4.78, 5) is 35.1. The van der Waals surface area contributed by atoms with E-state index in [4.69, 9.17) is 14.2 Å². The Morgan fingerprint density at radius 3 is 1.63 bits per heavy atom. The van der Waals surface area contributed by atoms with Crippen LogP contribution in [0.4, 0.5) is 0 Å². The van der Waals surface area contributed by atoms with Crippen molar-refractivity contribution < 1.29 is 72.5 Å². The summed E-state index contributed by atoms with van der Waals surface area (Å²) in [5.41, 5.74) is 0. The van der Waals surface area contributed by atoms with E-state index >= 15 is 0 Å². The zero-order valence-electron chi connectivity index (χ0n) is 29.1. The van der Waals surface area contributed by atoms with Crippen LogP contribution in [0.15, 0.2) is 0 Å². The number of rotatable bonds is 23. The maximum absolute atomic E-state index is 12.2. The number of esters is 3. The number of unbranched alkanes of at least 4 members (excludes halogenated alkanes) is 4. The van der Waals surface area contributed by atoms with Crippen LogP contribution in [0.3, 0.4) is 0 Å². The SMILES string of the molecule is CCCCC(CC)COC(=O)CC(C(=O)OCC(CC)CCCC)S(=O)(=O)O.CCCCCC(CC)OC(=O)CS.[H-].[Na+].[SnH2]. The van der Waals surface area contributed by atoms with Crippen molar-refractivity contribution in [3.8, 4) is 0 Å². The van der Waals surface area contributed by atoms with Gasteiger partial charge in [-0.05, 0) is 43.9 Å². The fraction of sp³-hybridized carbons (Fsp3) is 0.900. The number of ether oxygens (including phenoxy) is 3. The molecule has 0 amide bonds. The van der Waals surface area contributed by atoms with Crippen LogP contribution in [-0.2, 0) is 38.7 Å². The summed E-state index contributed by atoms with van der Waals surface area (Å²) in [7, 11) is -4.76. The Morgan fingerprint density at radius 2 is 1.23 bits per heavy atom. The summed E-state index contributed by atoms with van der Waals surface area (Å²) >= 11 is 3.86. The van der Waals surface area contributed by atoms with E-state index in [-0.39, 0.29) is 97.8 Å². The van der Waals surface area contributed by atoms with Crippen molar-refractivity contribution in [2.45, 2.75) is 143 Å². The molecule has 0 rings (SSSR count). The third kappa shape index (κ3) is 28.4. The normalized spacial score (nSPS) is 13.5. The molecule has 0 aromatic carbocycles. The van der Waals surface area contributed by atoms with Crippen molar-refractivity contribution >= 4 is 64.6 Å². The van der Waals surface area contributed by atoms with Crippen molar-refractivity contribution in [1.29, 1.82) is 0 Å². The number of carbonyl (C=O) groups is 3. The van der Waals surface area contributed by atoms with Gasteiger partial charge in [0, 0.05) is 0 Å². The molecule has 0 bridgehead atoms. The van der Waals surface area contributed by atoms with Gasteiger partial charge >= 0.3 is 71.4 Å². The van der Waals surface area contributed by atoms with E-state index in [2.05, 4.69) is 33.4 Å². The second-order valence-electron chi connectivity index (χ2n) is 10.5. The number of hydrogen-bond donors (Lipinski definition) is 2. The standard InChI is InChI=1S/C20H38O7S.C10H20O2S.Na.Sn.3H/c1-5-9-11-16(7-3)14-26-19(21)13-18(28(23,24)25)20(22)27-15-17(8-4)12-10-6-2;1-3-5-6-7-9(4-2)12-10(11)8-13;;;;;/h16-18H,5-15H2,1-4H3,(H,23,24,25);9,13H,3-8H2,1-2H3;;;;;/q;;+1;;;;-1. The average Bonchev–Trinajstić information content (AvgIpc) is 2.95. The molecule has 0 heterocycles. The predicted octanol–water partition coefficient (Wildman–Crippen LogP) is 3.17. The molecule has 4 atom stereocenters. The molecule has 252 valence electrons. The fourth-order valence-corrected chi connectivity index (χ4v) is 4.74. The average molecular weight is 772 g/mol. The van der Waals surface area contributed by atoms with E-state index in [1.54, 1.807) is 0 Å². The number of thiol groups is 1. The summed E-state index contributed by atoms with van der Waals surface area (Å²) in [5.74, 6) is -1.62. The number of carbonyl (C=O) groups excluding carboxylic acids is 3. The van der Waals surface area contributed by atoms with Crippen LogP contribution in [0.1, 0.15) is 133 Å². The van der Waals surface area contributed by atoms with Gasteiger partial charge in [-0.3, -0.25) is 18.9 Å². The van der Waals surface area contributed by atoms with E-state index in [1.807, 2.05) is 20.8 Å². The molecule has 0 saturated heterocycles. The summed E-state index contributed by atoms with van der Waals surface area (Å²) < 4.78 is 47.9. The molecule has 2 radical (unpaired) electrons. The van der Waals surface area contributed by atoms with Crippen LogP contribution >= 0.6 is 12.6 Å². The first-order valence-corrected chi connectivity index (χ1v) is 17.7. The van der Waals surface area contributed by atoms with Crippen LogP contribution in [-0.4, -0.2) is 85.1 Å². The maximum atomic E-state index is 12.2. The molecule has 0 spiro atoms. The molecule has 0 aliphatic heterocycles. The van der Waals surface area contributed by atoms with Gasteiger partial charge < -0.3 is 15.6 Å². The summed E-state index contributed by atoms with van der Waals surface area (Å²) in [5, 5.41) is -1.95. The zero-order chi connectivity index (χ0) is 31.7. The predicted molar refractivity (Wildman–Crippen MR) is 176 cm³/mol. The van der Waals surface area contributed by atoms with Crippen LogP contribution in [0.2, 0.25) is 0 Å². The third-order valence-electron chi connectivity index (χ3n) is 7.01. The Labute approximate surface area is 308 Å². The molecule has 9 nitrogen and oxygen atoms in total. The monoisotopic (exact) mass is 772 g/mol. The molecule has 1 N–H and O–H groups in total. The summed E-state index contributed by atoms with van der Waals surface area (Å²) in [6, 6.07) is 0. The zero-order valence-corrected chi connectivity index (χ0v) is 35.9. The van der Waals surface area contributed by atoms with Crippen LogP contribution in [0.25, 0.3) is 0 Å². The first-order valence-electron chi connectivity index (χ1n) is 15.5. The van der Waals surface area contributed by atoms with E-state index in [9.17, 15) is 27.4 Å². The minimum atomic E-state index is -4.76. The second-order valence-corrected chi connectivity index (χ2v) is 12.4. The summed E-state index contributed by atoms with van der Waals surface area (Å²) in [6.07, 6.45) is 12.3. The van der Waals surface area contributed by atoms with Crippen LogP contribution in [0.5, 0.6) is 0 Å². The van der Waals surface area contributed by atoms with Gasteiger partial charge in [0.05, 0.1) is 25.4 Å². The van der Waals surface area contributed by atoms with Crippen molar-refractivity contribution in [3.05, 3.63) is 0 Å². The van der Waals surface area contributed by atoms with Crippen molar-refractivity contribution in [3.63, 3.8) is 0 Å². The van der Waals surface area contributed by atoms with E-state index in [1.165, 1.54) is 12.8 Å². The Kier molecular flexibility index (Phi) is 37.9. The topological polar surface area (TPSA) is 133 Å². The first kappa shape index (κ1) is 50.3. The van der Waals surface area contributed by atoms with Crippen molar-refractivity contribution in [2.75, 3.05) is 19.0 Å². The van der Waals surface area contributed by atoms with Gasteiger partial charge in [0.15, 0.2) is 5.25 Å². The molecular weight excluding hydrogens is 710 g/mol. The van der Waals surface area contributed by atoms with Gasteiger partial charge in [-0.2, -0.15) is 21.0 Å². The first-order chi connectivity index (χ1) is 19.4. The molecular formula is C30H61NaO9S2Sn. The molecule has 0 saturated carbocycles. The molecule has 0 aliphatic carbocycles. The molecule has 0 aliphatic rings. The van der Waals surface area contributed by atoms with Crippen molar-refractivity contribution in [2.24, 2.45) is 11.8 Å². The Morgan fingerprint density at radius 1 is 0.744 bits per heavy atom. The van der Waals surface area contributed by atoms with Gasteiger partial charge in [0.25, 0.3) is 10.1 Å². The van der Waals surface area contributed by atoms with Crippen LogP contribution in [0, 0.1) is 11.8 Å². The van der Waals surface area contributed by atoms with E-state index in [0.717, 1.165) is 70.6 Å². The van der Waals surface area contributed by atoms with E-state index < -0.39 is 33.7 Å². The Hall–Kier alpha value is 0.469. The van der Waals surface area contributed by atoms with Gasteiger partial charge in [0.1, 0.15) is 6.10 Å². The third-order valence-corrected chi connectivity index (χ3v) is 8.35. The molecule has 0 fully saturated rings. The molecule has 43 heavy (non-hydrogen) atoms.